The number of nitrogens with one attached hydrogen (secondary N) is 2. The summed E-state index contributed by atoms with van der Waals surface area (Å²) in [7, 11) is 1.52. The zero-order chi connectivity index (χ0) is 17.1. The molecule has 1 fully saturated rings. The summed E-state index contributed by atoms with van der Waals surface area (Å²) >= 11 is 0. The summed E-state index contributed by atoms with van der Waals surface area (Å²) < 4.78 is 43.7. The Kier molecular flexibility index (Phi) is 5.31. The summed E-state index contributed by atoms with van der Waals surface area (Å²) in [5.74, 6) is -0.289. The summed E-state index contributed by atoms with van der Waals surface area (Å²) in [6.07, 6.45) is -3.26. The third-order valence-electron chi connectivity index (χ3n) is 4.28. The maximum atomic E-state index is 12.8. The number of ether oxygens (including phenoxy) is 1. The van der Waals surface area contributed by atoms with Crippen molar-refractivity contribution in [3.8, 4) is 0 Å². The van der Waals surface area contributed by atoms with Crippen LogP contribution in [0.15, 0.2) is 18.2 Å². The minimum atomic E-state index is -4.44. The van der Waals surface area contributed by atoms with E-state index >= 15 is 0 Å². The molecule has 128 valence electrons. The molecule has 23 heavy (non-hydrogen) atoms. The Bertz CT molecular complexity index is 561. The van der Waals surface area contributed by atoms with Gasteiger partial charge in [-0.15, -0.1) is 0 Å². The van der Waals surface area contributed by atoms with E-state index in [1.54, 1.807) is 6.92 Å². The van der Waals surface area contributed by atoms with E-state index < -0.39 is 17.2 Å². The monoisotopic (exact) mass is 330 g/mol. The SMILES string of the molecule is COCC1(C(=O)Nc2cc(C(F)(F)F)ccc2C)CCNCC1. The molecule has 4 nitrogen and oxygen atoms in total. The molecule has 1 amide bonds. The van der Waals surface area contributed by atoms with Crippen LogP contribution in [0.2, 0.25) is 0 Å². The van der Waals surface area contributed by atoms with Crippen molar-refractivity contribution in [1.82, 2.24) is 5.32 Å². The highest BCUT2D eigenvalue weighted by Gasteiger charge is 2.40. The van der Waals surface area contributed by atoms with Crippen molar-refractivity contribution < 1.29 is 22.7 Å². The van der Waals surface area contributed by atoms with Crippen LogP contribution in [-0.2, 0) is 15.7 Å². The second-order valence-electron chi connectivity index (χ2n) is 5.94. The third kappa shape index (κ3) is 4.03. The summed E-state index contributed by atoms with van der Waals surface area (Å²) in [6.45, 7) is 3.27. The van der Waals surface area contributed by atoms with Gasteiger partial charge in [0.05, 0.1) is 17.6 Å². The molecule has 1 aliphatic rings. The fourth-order valence-corrected chi connectivity index (χ4v) is 2.81. The normalized spacial score (nSPS) is 17.8. The van der Waals surface area contributed by atoms with Crippen LogP contribution in [-0.4, -0.2) is 32.7 Å². The third-order valence-corrected chi connectivity index (χ3v) is 4.28. The lowest BCUT2D eigenvalue weighted by Gasteiger charge is -2.35. The molecule has 2 N–H and O–H groups in total. The number of rotatable bonds is 4. The number of aryl methyl sites for hydroxylation is 1. The summed E-state index contributed by atoms with van der Waals surface area (Å²) in [5, 5.41) is 5.84. The molecule has 0 unspecified atom stereocenters. The van der Waals surface area contributed by atoms with Crippen LogP contribution in [0.1, 0.15) is 24.0 Å². The first kappa shape index (κ1) is 17.7. The smallest absolute Gasteiger partial charge is 0.384 e. The maximum Gasteiger partial charge on any atom is 0.416 e. The van der Waals surface area contributed by atoms with Gasteiger partial charge in [-0.2, -0.15) is 13.2 Å². The Morgan fingerprint density at radius 3 is 2.57 bits per heavy atom. The predicted octanol–water partition coefficient (Wildman–Crippen LogP) is 2.97. The number of methoxy groups -OCH3 is 1. The Hall–Kier alpha value is -1.60. The van der Waals surface area contributed by atoms with Crippen molar-refractivity contribution >= 4 is 11.6 Å². The number of carbonyl (C=O) groups excluding carboxylic acids is 1. The Labute approximate surface area is 133 Å². The second-order valence-corrected chi connectivity index (χ2v) is 5.94. The van der Waals surface area contributed by atoms with Crippen LogP contribution in [0, 0.1) is 12.3 Å². The number of amides is 1. The number of alkyl halides is 3. The Morgan fingerprint density at radius 2 is 2.00 bits per heavy atom. The number of halogens is 3. The van der Waals surface area contributed by atoms with Gasteiger partial charge in [0.25, 0.3) is 0 Å². The number of benzene rings is 1. The van der Waals surface area contributed by atoms with E-state index in [4.69, 9.17) is 4.74 Å². The average molecular weight is 330 g/mol. The van der Waals surface area contributed by atoms with Gasteiger partial charge < -0.3 is 15.4 Å². The van der Waals surface area contributed by atoms with E-state index in [9.17, 15) is 18.0 Å². The molecule has 0 aromatic heterocycles. The second kappa shape index (κ2) is 6.88. The van der Waals surface area contributed by atoms with Gasteiger partial charge in [-0.05, 0) is 50.6 Å². The number of hydrogen-bond donors (Lipinski definition) is 2. The molecule has 2 rings (SSSR count). The quantitative estimate of drug-likeness (QED) is 0.892. The van der Waals surface area contributed by atoms with E-state index in [2.05, 4.69) is 10.6 Å². The van der Waals surface area contributed by atoms with Crippen molar-refractivity contribution in [2.75, 3.05) is 32.1 Å². The van der Waals surface area contributed by atoms with Gasteiger partial charge in [-0.1, -0.05) is 6.07 Å². The van der Waals surface area contributed by atoms with Crippen molar-refractivity contribution in [2.45, 2.75) is 25.9 Å². The molecular formula is C16H21F3N2O2. The lowest BCUT2D eigenvalue weighted by atomic mass is 9.78. The molecule has 0 atom stereocenters. The first-order chi connectivity index (χ1) is 10.8. The van der Waals surface area contributed by atoms with Gasteiger partial charge >= 0.3 is 6.18 Å². The van der Waals surface area contributed by atoms with Crippen LogP contribution < -0.4 is 10.6 Å². The van der Waals surface area contributed by atoms with Crippen molar-refractivity contribution in [1.29, 1.82) is 0 Å². The lowest BCUT2D eigenvalue weighted by molar-refractivity contribution is -0.137. The first-order valence-corrected chi connectivity index (χ1v) is 7.47. The van der Waals surface area contributed by atoms with Gasteiger partial charge in [-0.25, -0.2) is 0 Å². The van der Waals surface area contributed by atoms with E-state index in [0.717, 1.165) is 12.1 Å². The maximum absolute atomic E-state index is 12.8. The molecule has 0 spiro atoms. The number of carbonyl (C=O) groups is 1. The standard InChI is InChI=1S/C16H21F3N2O2/c1-11-3-4-12(16(17,18)19)9-13(11)21-14(22)15(10-23-2)5-7-20-8-6-15/h3-4,9,20H,5-8,10H2,1-2H3,(H,21,22). The highest BCUT2D eigenvalue weighted by atomic mass is 19.4. The molecule has 0 saturated carbocycles. The molecule has 0 aliphatic carbocycles. The average Bonchev–Trinajstić information content (AvgIpc) is 2.49. The van der Waals surface area contributed by atoms with Crippen LogP contribution >= 0.6 is 0 Å². The molecule has 1 aromatic rings. The van der Waals surface area contributed by atoms with E-state index in [0.29, 0.717) is 31.5 Å². The lowest BCUT2D eigenvalue weighted by Crippen LogP contribution is -2.47. The van der Waals surface area contributed by atoms with Gasteiger partial charge in [0.2, 0.25) is 5.91 Å². The highest BCUT2D eigenvalue weighted by molar-refractivity contribution is 5.96. The summed E-state index contributed by atoms with van der Waals surface area (Å²) in [6, 6.07) is 3.36. The fraction of sp³-hybridized carbons (Fsp3) is 0.562. The van der Waals surface area contributed by atoms with Crippen molar-refractivity contribution in [3.05, 3.63) is 29.3 Å². The van der Waals surface area contributed by atoms with Gasteiger partial charge in [0.1, 0.15) is 0 Å². The van der Waals surface area contributed by atoms with Crippen molar-refractivity contribution in [2.24, 2.45) is 5.41 Å². The highest BCUT2D eigenvalue weighted by Crippen LogP contribution is 2.34. The molecule has 0 radical (unpaired) electrons. The zero-order valence-corrected chi connectivity index (χ0v) is 13.2. The van der Waals surface area contributed by atoms with Crippen LogP contribution in [0.25, 0.3) is 0 Å². The van der Waals surface area contributed by atoms with Gasteiger partial charge in [0.15, 0.2) is 0 Å². The number of anilines is 1. The summed E-state index contributed by atoms with van der Waals surface area (Å²) in [4.78, 5) is 12.7. The molecule has 1 heterocycles. The minimum absolute atomic E-state index is 0.193. The largest absolute Gasteiger partial charge is 0.416 e. The van der Waals surface area contributed by atoms with E-state index in [1.165, 1.54) is 13.2 Å². The Morgan fingerprint density at radius 1 is 1.35 bits per heavy atom. The molecule has 0 bridgehead atoms. The van der Waals surface area contributed by atoms with Crippen LogP contribution in [0.3, 0.4) is 0 Å². The molecule has 1 aliphatic heterocycles. The molecule has 1 saturated heterocycles. The predicted molar refractivity (Wildman–Crippen MR) is 81.2 cm³/mol. The van der Waals surface area contributed by atoms with Gasteiger partial charge in [0, 0.05) is 12.8 Å². The molecular weight excluding hydrogens is 309 g/mol. The first-order valence-electron chi connectivity index (χ1n) is 7.47. The minimum Gasteiger partial charge on any atom is -0.384 e. The molecule has 1 aromatic carbocycles. The van der Waals surface area contributed by atoms with Gasteiger partial charge in [-0.3, -0.25) is 4.79 Å². The number of hydrogen-bond acceptors (Lipinski definition) is 3. The zero-order valence-electron chi connectivity index (χ0n) is 13.2. The summed E-state index contributed by atoms with van der Waals surface area (Å²) in [5.41, 5.74) is -0.697. The fourth-order valence-electron chi connectivity index (χ4n) is 2.81. The van der Waals surface area contributed by atoms with Crippen molar-refractivity contribution in [3.63, 3.8) is 0 Å². The number of piperidine rings is 1. The van der Waals surface area contributed by atoms with E-state index in [-0.39, 0.29) is 18.2 Å². The van der Waals surface area contributed by atoms with Crippen LogP contribution in [0.5, 0.6) is 0 Å². The Balaban J connectivity index is 2.24. The van der Waals surface area contributed by atoms with Crippen LogP contribution in [0.4, 0.5) is 18.9 Å². The van der Waals surface area contributed by atoms with E-state index in [1.807, 2.05) is 0 Å². The molecule has 7 heteroatoms. The topological polar surface area (TPSA) is 50.4 Å².